The van der Waals surface area contributed by atoms with Crippen LogP contribution in [-0.4, -0.2) is 32.3 Å². The lowest BCUT2D eigenvalue weighted by Gasteiger charge is -2.28. The maximum Gasteiger partial charge on any atom is 0.224 e. The van der Waals surface area contributed by atoms with Crippen molar-refractivity contribution in [3.8, 4) is 0 Å². The smallest absolute Gasteiger partial charge is 0.224 e. The number of aromatic nitrogens is 3. The van der Waals surface area contributed by atoms with E-state index in [1.807, 2.05) is 0 Å². The third-order valence-corrected chi connectivity index (χ3v) is 7.34. The molecule has 0 spiro atoms. The van der Waals surface area contributed by atoms with Gasteiger partial charge >= 0.3 is 0 Å². The number of anilines is 1. The Hall–Kier alpha value is -1.62. The molecule has 2 fully saturated rings. The van der Waals surface area contributed by atoms with Gasteiger partial charge in [-0.1, -0.05) is 26.7 Å². The normalized spacial score (nSPS) is 28.0. The Balaban J connectivity index is 1.64. The molecule has 0 aliphatic heterocycles. The molecule has 0 unspecified atom stereocenters. The molecular weight excluding hydrogens is 360 g/mol. The third kappa shape index (κ3) is 4.60. The lowest BCUT2D eigenvalue weighted by Crippen LogP contribution is -2.21. The van der Waals surface area contributed by atoms with E-state index in [0.717, 1.165) is 56.2 Å². The maximum absolute atomic E-state index is 9.96. The van der Waals surface area contributed by atoms with Gasteiger partial charge in [-0.25, -0.2) is 4.98 Å². The molecule has 5 nitrogen and oxygen atoms in total. The summed E-state index contributed by atoms with van der Waals surface area (Å²) in [4.78, 5) is 9.63. The zero-order valence-corrected chi connectivity index (χ0v) is 18.2. The van der Waals surface area contributed by atoms with Gasteiger partial charge in [-0.2, -0.15) is 4.98 Å². The van der Waals surface area contributed by atoms with Crippen molar-refractivity contribution in [2.45, 2.75) is 103 Å². The zero-order chi connectivity index (χ0) is 20.2. The van der Waals surface area contributed by atoms with Gasteiger partial charge in [0.1, 0.15) is 5.65 Å². The Morgan fingerprint density at radius 3 is 2.52 bits per heavy atom. The number of hydrogen-bond donors (Lipinski definition) is 2. The second kappa shape index (κ2) is 9.46. The molecule has 160 valence electrons. The molecule has 0 saturated heterocycles. The van der Waals surface area contributed by atoms with Crippen molar-refractivity contribution in [3.05, 3.63) is 18.0 Å². The second-order valence-electron chi connectivity index (χ2n) is 9.29. The minimum absolute atomic E-state index is 0.127. The number of nitrogens with zero attached hydrogens (tertiary/aromatic N) is 3. The van der Waals surface area contributed by atoms with Crippen molar-refractivity contribution in [3.63, 3.8) is 0 Å². The van der Waals surface area contributed by atoms with E-state index in [2.05, 4.69) is 41.1 Å². The SMILES string of the molecule is CCCCNc1ncc2c(C3CCC(CC)CC3)cn(C3CCC(O)CC3)c2n1. The summed E-state index contributed by atoms with van der Waals surface area (Å²) in [6.07, 6.45) is 17.1. The maximum atomic E-state index is 9.96. The highest BCUT2D eigenvalue weighted by Gasteiger charge is 2.28. The molecule has 4 rings (SSSR count). The average Bonchev–Trinajstić information content (AvgIpc) is 3.13. The monoisotopic (exact) mass is 398 g/mol. The minimum atomic E-state index is -0.127. The molecule has 2 heterocycles. The number of unbranched alkanes of at least 4 members (excludes halogenated alkanes) is 1. The molecule has 2 aliphatic rings. The molecule has 2 aromatic heterocycles. The molecule has 2 N–H and O–H groups in total. The third-order valence-electron chi connectivity index (χ3n) is 7.34. The number of fused-ring (bicyclic) bond motifs is 1. The highest BCUT2D eigenvalue weighted by Crippen LogP contribution is 2.42. The molecule has 0 radical (unpaired) electrons. The Labute approximate surface area is 175 Å². The summed E-state index contributed by atoms with van der Waals surface area (Å²) in [5.74, 6) is 2.30. The van der Waals surface area contributed by atoms with Crippen LogP contribution in [0.2, 0.25) is 0 Å². The molecule has 5 heteroatoms. The van der Waals surface area contributed by atoms with Crippen LogP contribution in [0.3, 0.4) is 0 Å². The van der Waals surface area contributed by atoms with Gasteiger partial charge in [0.2, 0.25) is 5.95 Å². The lowest BCUT2D eigenvalue weighted by atomic mass is 9.78. The first-order valence-electron chi connectivity index (χ1n) is 12.0. The molecule has 0 aromatic carbocycles. The molecule has 0 bridgehead atoms. The van der Waals surface area contributed by atoms with Crippen LogP contribution in [0.15, 0.2) is 12.4 Å². The summed E-state index contributed by atoms with van der Waals surface area (Å²) < 4.78 is 2.43. The summed E-state index contributed by atoms with van der Waals surface area (Å²) in [6.45, 7) is 5.45. The van der Waals surface area contributed by atoms with Crippen molar-refractivity contribution in [2.75, 3.05) is 11.9 Å². The minimum Gasteiger partial charge on any atom is -0.393 e. The van der Waals surface area contributed by atoms with Gasteiger partial charge in [0, 0.05) is 30.4 Å². The van der Waals surface area contributed by atoms with Crippen LogP contribution in [0.4, 0.5) is 5.95 Å². The van der Waals surface area contributed by atoms with Crippen molar-refractivity contribution >= 4 is 17.0 Å². The largest absolute Gasteiger partial charge is 0.393 e. The number of aliphatic hydroxyl groups excluding tert-OH is 1. The van der Waals surface area contributed by atoms with Crippen molar-refractivity contribution in [2.24, 2.45) is 5.92 Å². The van der Waals surface area contributed by atoms with Crippen LogP contribution >= 0.6 is 0 Å². The van der Waals surface area contributed by atoms with Crippen LogP contribution in [0.1, 0.15) is 102 Å². The fraction of sp³-hybridized carbons (Fsp3) is 0.750. The van der Waals surface area contributed by atoms with E-state index in [1.165, 1.54) is 49.5 Å². The average molecular weight is 399 g/mol. The summed E-state index contributed by atoms with van der Waals surface area (Å²) in [6, 6.07) is 0.444. The first-order chi connectivity index (χ1) is 14.2. The summed E-state index contributed by atoms with van der Waals surface area (Å²) >= 11 is 0. The molecule has 0 amide bonds. The van der Waals surface area contributed by atoms with Crippen molar-refractivity contribution in [1.29, 1.82) is 0 Å². The molecule has 29 heavy (non-hydrogen) atoms. The molecule has 2 saturated carbocycles. The molecular formula is C24H38N4O. The van der Waals surface area contributed by atoms with Gasteiger partial charge in [-0.3, -0.25) is 0 Å². The van der Waals surface area contributed by atoms with E-state index in [9.17, 15) is 5.11 Å². The second-order valence-corrected chi connectivity index (χ2v) is 9.29. The predicted octanol–water partition coefficient (Wildman–Crippen LogP) is 5.80. The number of rotatable bonds is 7. The number of aliphatic hydroxyl groups is 1. The van der Waals surface area contributed by atoms with Gasteiger partial charge in [-0.05, 0) is 75.2 Å². The van der Waals surface area contributed by atoms with Gasteiger partial charge in [0.15, 0.2) is 0 Å². The van der Waals surface area contributed by atoms with E-state index in [0.29, 0.717) is 12.0 Å². The van der Waals surface area contributed by atoms with Crippen molar-refractivity contribution in [1.82, 2.24) is 14.5 Å². The van der Waals surface area contributed by atoms with Crippen LogP contribution < -0.4 is 5.32 Å². The van der Waals surface area contributed by atoms with Gasteiger partial charge in [-0.15, -0.1) is 0 Å². The van der Waals surface area contributed by atoms with E-state index in [4.69, 9.17) is 4.98 Å². The highest BCUT2D eigenvalue weighted by atomic mass is 16.3. The highest BCUT2D eigenvalue weighted by molar-refractivity contribution is 5.81. The van der Waals surface area contributed by atoms with Crippen LogP contribution in [0, 0.1) is 5.92 Å². The first kappa shape index (κ1) is 20.6. The first-order valence-corrected chi connectivity index (χ1v) is 12.0. The lowest BCUT2D eigenvalue weighted by molar-refractivity contribution is 0.111. The van der Waals surface area contributed by atoms with E-state index < -0.39 is 0 Å². The van der Waals surface area contributed by atoms with Crippen LogP contribution in [-0.2, 0) is 0 Å². The molecule has 2 aromatic rings. The standard InChI is InChI=1S/C24H38N4O/c1-3-5-14-25-24-26-15-21-22(18-8-6-17(4-2)7-9-18)16-28(23(21)27-24)19-10-12-20(29)13-11-19/h15-20,29H,3-14H2,1-2H3,(H,25,26,27). The van der Waals surface area contributed by atoms with Crippen molar-refractivity contribution < 1.29 is 5.11 Å². The Morgan fingerprint density at radius 2 is 1.83 bits per heavy atom. The Kier molecular flexibility index (Phi) is 6.74. The Bertz CT molecular complexity index is 786. The predicted molar refractivity (Wildman–Crippen MR) is 119 cm³/mol. The van der Waals surface area contributed by atoms with Gasteiger partial charge in [0.05, 0.1) is 6.10 Å². The fourth-order valence-electron chi connectivity index (χ4n) is 5.34. The van der Waals surface area contributed by atoms with Crippen LogP contribution in [0.5, 0.6) is 0 Å². The van der Waals surface area contributed by atoms with Gasteiger partial charge in [0.25, 0.3) is 0 Å². The van der Waals surface area contributed by atoms with E-state index in [-0.39, 0.29) is 6.10 Å². The van der Waals surface area contributed by atoms with Gasteiger partial charge < -0.3 is 15.0 Å². The quantitative estimate of drug-likeness (QED) is 0.578. The molecule has 2 aliphatic carbocycles. The van der Waals surface area contributed by atoms with E-state index >= 15 is 0 Å². The summed E-state index contributed by atoms with van der Waals surface area (Å²) in [5, 5.41) is 14.6. The zero-order valence-electron chi connectivity index (χ0n) is 18.2. The fourth-order valence-corrected chi connectivity index (χ4v) is 5.34. The summed E-state index contributed by atoms with van der Waals surface area (Å²) in [7, 11) is 0. The number of nitrogens with one attached hydrogen (secondary N) is 1. The summed E-state index contributed by atoms with van der Waals surface area (Å²) in [5.41, 5.74) is 2.55. The molecule has 0 atom stereocenters. The Morgan fingerprint density at radius 1 is 1.07 bits per heavy atom. The number of hydrogen-bond acceptors (Lipinski definition) is 4. The topological polar surface area (TPSA) is 63.0 Å². The van der Waals surface area contributed by atoms with E-state index in [1.54, 1.807) is 0 Å². The van der Waals surface area contributed by atoms with Crippen LogP contribution in [0.25, 0.3) is 11.0 Å².